The van der Waals surface area contributed by atoms with Crippen LogP contribution in [0.15, 0.2) is 30.5 Å². The molecule has 6 nitrogen and oxygen atoms in total. The Morgan fingerprint density at radius 3 is 2.19 bits per heavy atom. The highest BCUT2D eigenvalue weighted by Crippen LogP contribution is 2.43. The zero-order valence-corrected chi connectivity index (χ0v) is 26.2. The average molecular weight is 597 g/mol. The van der Waals surface area contributed by atoms with E-state index in [1.807, 2.05) is 25.3 Å². The van der Waals surface area contributed by atoms with Crippen LogP contribution in [0.25, 0.3) is 22.2 Å². The van der Waals surface area contributed by atoms with Crippen molar-refractivity contribution in [3.8, 4) is 11.3 Å². The molecule has 2 aliphatic heterocycles. The summed E-state index contributed by atoms with van der Waals surface area (Å²) >= 11 is 0. The predicted octanol–water partition coefficient (Wildman–Crippen LogP) is 7.15. The Bertz CT molecular complexity index is 1440. The molecule has 0 radical (unpaired) electrons. The minimum absolute atomic E-state index is 0.147. The van der Waals surface area contributed by atoms with E-state index in [0.29, 0.717) is 23.3 Å². The van der Waals surface area contributed by atoms with Gasteiger partial charge in [0.15, 0.2) is 0 Å². The summed E-state index contributed by atoms with van der Waals surface area (Å²) in [6.07, 6.45) is 4.18. The third-order valence-electron chi connectivity index (χ3n) is 9.25. The number of nitrogens with two attached hydrogens (primary N) is 1. The van der Waals surface area contributed by atoms with Crippen molar-refractivity contribution in [2.24, 2.45) is 11.1 Å². The first-order chi connectivity index (χ1) is 20.4. The number of anilines is 2. The first kappa shape index (κ1) is 30.3. The fraction of sp³-hybridized carbons (Fsp3) is 0.618. The SMILES string of the molecule is CC(N)c1ncc(N2CCN(C3CC3)CC2)cc1-c1c(CC(C)(C)C)c2cc(N3CCCCC3)ccc2n1CC(F)(F)F. The number of piperazine rings is 1. The highest BCUT2D eigenvalue weighted by atomic mass is 19.4. The summed E-state index contributed by atoms with van der Waals surface area (Å²) in [6.45, 7) is 13.0. The van der Waals surface area contributed by atoms with Gasteiger partial charge >= 0.3 is 6.18 Å². The molecule has 2 aromatic heterocycles. The largest absolute Gasteiger partial charge is 0.406 e. The van der Waals surface area contributed by atoms with Gasteiger partial charge in [0.2, 0.25) is 0 Å². The van der Waals surface area contributed by atoms with Crippen LogP contribution in [0, 0.1) is 5.41 Å². The Hall–Kier alpha value is -2.78. The van der Waals surface area contributed by atoms with Crippen molar-refractivity contribution in [3.63, 3.8) is 0 Å². The number of fused-ring (bicyclic) bond motifs is 1. The van der Waals surface area contributed by atoms with Gasteiger partial charge in [-0.25, -0.2) is 0 Å². The van der Waals surface area contributed by atoms with E-state index in [4.69, 9.17) is 10.7 Å². The van der Waals surface area contributed by atoms with Crippen molar-refractivity contribution in [3.05, 3.63) is 41.7 Å². The van der Waals surface area contributed by atoms with E-state index in [9.17, 15) is 13.2 Å². The first-order valence-corrected chi connectivity index (χ1v) is 16.1. The maximum Gasteiger partial charge on any atom is 0.406 e. The molecular weight excluding hydrogens is 549 g/mol. The number of pyridine rings is 1. The van der Waals surface area contributed by atoms with Crippen LogP contribution in [-0.2, 0) is 13.0 Å². The molecule has 1 atom stereocenters. The fourth-order valence-corrected chi connectivity index (χ4v) is 7.10. The van der Waals surface area contributed by atoms with Crippen molar-refractivity contribution < 1.29 is 13.2 Å². The Morgan fingerprint density at radius 2 is 1.58 bits per heavy atom. The summed E-state index contributed by atoms with van der Waals surface area (Å²) in [7, 11) is 0. The molecule has 6 rings (SSSR count). The van der Waals surface area contributed by atoms with Crippen molar-refractivity contribution >= 4 is 22.3 Å². The lowest BCUT2D eigenvalue weighted by Crippen LogP contribution is -2.47. The maximum absolute atomic E-state index is 14.3. The van der Waals surface area contributed by atoms with Crippen molar-refractivity contribution in [1.29, 1.82) is 0 Å². The maximum atomic E-state index is 14.3. The molecule has 1 aliphatic carbocycles. The molecule has 0 bridgehead atoms. The first-order valence-electron chi connectivity index (χ1n) is 16.1. The fourth-order valence-electron chi connectivity index (χ4n) is 7.10. The molecule has 3 aromatic rings. The number of benzene rings is 1. The van der Waals surface area contributed by atoms with E-state index in [-0.39, 0.29) is 5.41 Å². The number of alkyl halides is 3. The van der Waals surface area contributed by atoms with E-state index in [1.54, 1.807) is 0 Å². The van der Waals surface area contributed by atoms with Gasteiger partial charge in [0, 0.05) is 73.5 Å². The van der Waals surface area contributed by atoms with E-state index in [2.05, 4.69) is 47.6 Å². The summed E-state index contributed by atoms with van der Waals surface area (Å²) in [6, 6.07) is 8.41. The summed E-state index contributed by atoms with van der Waals surface area (Å²) in [5.74, 6) is 0. The number of nitrogens with zero attached hydrogens (tertiary/aromatic N) is 5. The van der Waals surface area contributed by atoms with Crippen molar-refractivity contribution in [1.82, 2.24) is 14.5 Å². The van der Waals surface area contributed by atoms with E-state index in [1.165, 1.54) is 23.8 Å². The van der Waals surface area contributed by atoms with Gasteiger partial charge < -0.3 is 20.1 Å². The van der Waals surface area contributed by atoms with Gasteiger partial charge in [-0.2, -0.15) is 13.2 Å². The molecule has 3 fully saturated rings. The van der Waals surface area contributed by atoms with Crippen molar-refractivity contribution in [2.45, 2.75) is 91.0 Å². The lowest BCUT2D eigenvalue weighted by atomic mass is 9.85. The molecule has 0 spiro atoms. The molecule has 3 aliphatic rings. The number of rotatable bonds is 7. The highest BCUT2D eigenvalue weighted by molar-refractivity contribution is 5.95. The topological polar surface area (TPSA) is 53.6 Å². The molecule has 2 N–H and O–H groups in total. The second kappa shape index (κ2) is 11.6. The summed E-state index contributed by atoms with van der Waals surface area (Å²) < 4.78 is 44.5. The summed E-state index contributed by atoms with van der Waals surface area (Å²) in [4.78, 5) is 12.1. The highest BCUT2D eigenvalue weighted by Gasteiger charge is 2.35. The van der Waals surface area contributed by atoms with E-state index < -0.39 is 18.8 Å². The predicted molar refractivity (Wildman–Crippen MR) is 170 cm³/mol. The molecule has 234 valence electrons. The summed E-state index contributed by atoms with van der Waals surface area (Å²) in [5.41, 5.74) is 11.9. The van der Waals surface area contributed by atoms with E-state index >= 15 is 0 Å². The van der Waals surface area contributed by atoms with Gasteiger partial charge in [-0.1, -0.05) is 20.8 Å². The van der Waals surface area contributed by atoms with Crippen LogP contribution in [0.4, 0.5) is 24.5 Å². The summed E-state index contributed by atoms with van der Waals surface area (Å²) in [5, 5.41) is 0.899. The smallest absolute Gasteiger partial charge is 0.372 e. The molecule has 43 heavy (non-hydrogen) atoms. The van der Waals surface area contributed by atoms with Crippen LogP contribution in [0.3, 0.4) is 0 Å². The van der Waals surface area contributed by atoms with Gasteiger partial charge in [-0.05, 0) is 80.7 Å². The molecule has 4 heterocycles. The Balaban J connectivity index is 1.53. The lowest BCUT2D eigenvalue weighted by molar-refractivity contribution is -0.139. The van der Waals surface area contributed by atoms with Crippen LogP contribution in [0.2, 0.25) is 0 Å². The van der Waals surface area contributed by atoms with Gasteiger partial charge in [0.1, 0.15) is 6.54 Å². The van der Waals surface area contributed by atoms with Gasteiger partial charge in [0.05, 0.1) is 23.3 Å². The Kier molecular flexibility index (Phi) is 8.18. The van der Waals surface area contributed by atoms with Crippen LogP contribution < -0.4 is 15.5 Å². The quantitative estimate of drug-likeness (QED) is 0.314. The number of aromatic nitrogens is 2. The number of halogens is 3. The molecule has 9 heteroatoms. The van der Waals surface area contributed by atoms with E-state index in [0.717, 1.165) is 86.0 Å². The number of piperidine rings is 1. The third kappa shape index (κ3) is 6.68. The number of hydrogen-bond acceptors (Lipinski definition) is 5. The second-order valence-electron chi connectivity index (χ2n) is 14.2. The minimum atomic E-state index is -4.39. The average Bonchev–Trinajstić information content (AvgIpc) is 3.77. The Morgan fingerprint density at radius 1 is 0.907 bits per heavy atom. The van der Waals surface area contributed by atoms with Gasteiger partial charge in [-0.15, -0.1) is 0 Å². The van der Waals surface area contributed by atoms with Gasteiger partial charge in [-0.3, -0.25) is 9.88 Å². The van der Waals surface area contributed by atoms with Crippen LogP contribution in [0.1, 0.15) is 77.1 Å². The zero-order valence-electron chi connectivity index (χ0n) is 26.2. The molecule has 1 unspecified atom stereocenters. The van der Waals surface area contributed by atoms with Crippen LogP contribution in [-0.4, -0.2) is 65.9 Å². The molecule has 1 saturated carbocycles. The van der Waals surface area contributed by atoms with Gasteiger partial charge in [0.25, 0.3) is 0 Å². The normalized spacial score (nSPS) is 19.8. The monoisotopic (exact) mass is 596 g/mol. The zero-order chi connectivity index (χ0) is 30.5. The van der Waals surface area contributed by atoms with Crippen molar-refractivity contribution in [2.75, 3.05) is 49.1 Å². The van der Waals surface area contributed by atoms with Crippen LogP contribution in [0.5, 0.6) is 0 Å². The third-order valence-corrected chi connectivity index (χ3v) is 9.25. The molecule has 0 amide bonds. The second-order valence-corrected chi connectivity index (χ2v) is 14.2. The Labute approximate surface area is 254 Å². The number of hydrogen-bond donors (Lipinski definition) is 1. The minimum Gasteiger partial charge on any atom is -0.372 e. The lowest BCUT2D eigenvalue weighted by Gasteiger charge is -2.36. The molecule has 2 saturated heterocycles. The standard InChI is InChI=1S/C34H47F3N6/c1-23(38)31-28(19-26(21-39-31)42-16-14-41(15-17-42)24-8-9-24)32-29(20-33(2,3)4)27-18-25(40-12-6-5-7-13-40)10-11-30(27)43(32)22-34(35,36)37/h10-11,18-19,21,23-24H,5-9,12-17,20,22,38H2,1-4H3. The van der Waals surface area contributed by atoms with Crippen LogP contribution >= 0.6 is 0 Å². The molecular formula is C34H47F3N6. The molecule has 1 aromatic carbocycles.